The van der Waals surface area contributed by atoms with Gasteiger partial charge in [-0.05, 0) is 31.6 Å². The Morgan fingerprint density at radius 3 is 2.13 bits per heavy atom. The lowest BCUT2D eigenvalue weighted by Gasteiger charge is -2.28. The summed E-state index contributed by atoms with van der Waals surface area (Å²) in [4.78, 5) is 37.7. The summed E-state index contributed by atoms with van der Waals surface area (Å²) < 4.78 is 58.4. The van der Waals surface area contributed by atoms with E-state index >= 15 is 4.39 Å². The molecule has 0 bridgehead atoms. The number of halogens is 1. The maximum absolute atomic E-state index is 15.5. The number of anilines is 1. The summed E-state index contributed by atoms with van der Waals surface area (Å²) in [6, 6.07) is -2.31. The van der Waals surface area contributed by atoms with Gasteiger partial charge in [0.2, 0.25) is 11.8 Å². The third-order valence-corrected chi connectivity index (χ3v) is 8.37. The van der Waals surface area contributed by atoms with Crippen LogP contribution in [0, 0.1) is 10.8 Å². The summed E-state index contributed by atoms with van der Waals surface area (Å²) in [5.41, 5.74) is 5.48. The first kappa shape index (κ1) is 37.5. The number of hydrogen-bond donors (Lipinski definition) is 4. The summed E-state index contributed by atoms with van der Waals surface area (Å²) in [7, 11) is -4.29. The monoisotopic (exact) mass is 675 g/mol. The maximum Gasteiger partial charge on any atom is 0.342 e. The normalized spacial score (nSPS) is 22.1. The number of nitrogens with two attached hydrogens (primary N) is 1. The van der Waals surface area contributed by atoms with Crippen LogP contribution in [-0.4, -0.2) is 93.5 Å². The Bertz CT molecular complexity index is 1370. The summed E-state index contributed by atoms with van der Waals surface area (Å²) in [5.74, 6) is -1.48. The molecule has 1 aliphatic heterocycles. The lowest BCUT2D eigenvalue weighted by atomic mass is 9.99. The Labute approximate surface area is 267 Å². The van der Waals surface area contributed by atoms with E-state index in [0.29, 0.717) is 0 Å². The second kappa shape index (κ2) is 14.9. The van der Waals surface area contributed by atoms with Gasteiger partial charge in [0.25, 0.3) is 0 Å². The van der Waals surface area contributed by atoms with Gasteiger partial charge >= 0.3 is 19.6 Å². The van der Waals surface area contributed by atoms with Gasteiger partial charge in [0.1, 0.15) is 24.3 Å². The lowest BCUT2D eigenvalue weighted by Crippen LogP contribution is -2.44. The number of carbonyl (C=O) groups is 2. The molecule has 3 rings (SSSR count). The van der Waals surface area contributed by atoms with Gasteiger partial charge in [-0.2, -0.15) is 9.97 Å². The summed E-state index contributed by atoms with van der Waals surface area (Å²) in [5, 5.41) is 15.9. The number of carbonyl (C=O) groups excluding carboxylic acids is 2. The topological polar surface area (TPSA) is 211 Å². The molecule has 0 aromatic carbocycles. The van der Waals surface area contributed by atoms with E-state index in [1.54, 1.807) is 6.92 Å². The predicted molar refractivity (Wildman–Crippen MR) is 165 cm³/mol. The zero-order valence-electron chi connectivity index (χ0n) is 27.8. The molecule has 0 spiro atoms. The van der Waals surface area contributed by atoms with Crippen LogP contribution in [0.5, 0.6) is 5.88 Å². The molecule has 260 valence electrons. The molecule has 0 saturated carbocycles. The minimum absolute atomic E-state index is 0.0962. The molecule has 2 aromatic heterocycles. The highest BCUT2D eigenvalue weighted by atomic mass is 31.2. The zero-order valence-corrected chi connectivity index (χ0v) is 28.7. The molecular weight excluding hydrogens is 628 g/mol. The molecule has 1 saturated heterocycles. The third kappa shape index (κ3) is 10.0. The second-order valence-electron chi connectivity index (χ2n) is 13.5. The maximum atomic E-state index is 15.5. The number of nitrogen functional groups attached to an aromatic ring is 1. The van der Waals surface area contributed by atoms with Crippen molar-refractivity contribution in [1.82, 2.24) is 29.7 Å². The molecule has 16 nitrogen and oxygen atoms in total. The van der Waals surface area contributed by atoms with E-state index in [2.05, 4.69) is 25.1 Å². The van der Waals surface area contributed by atoms with Crippen LogP contribution in [0.2, 0.25) is 0 Å². The number of aliphatic hydroxyl groups excluding tert-OH is 1. The van der Waals surface area contributed by atoms with Crippen molar-refractivity contribution < 1.29 is 47.1 Å². The molecule has 46 heavy (non-hydrogen) atoms. The molecular formula is C28H47FN7O9P. The van der Waals surface area contributed by atoms with Crippen molar-refractivity contribution in [3.8, 4) is 5.88 Å². The number of aromatic nitrogens is 4. The number of nitrogens with zero attached hydrogens (tertiary/aromatic N) is 4. The quantitative estimate of drug-likeness (QED) is 0.167. The van der Waals surface area contributed by atoms with Gasteiger partial charge in [-0.1, -0.05) is 41.5 Å². The first-order valence-corrected chi connectivity index (χ1v) is 16.6. The van der Waals surface area contributed by atoms with Crippen molar-refractivity contribution in [1.29, 1.82) is 0 Å². The molecule has 0 amide bonds. The Balaban J connectivity index is 1.79. The van der Waals surface area contributed by atoms with Crippen molar-refractivity contribution in [3.05, 3.63) is 6.33 Å². The van der Waals surface area contributed by atoms with Gasteiger partial charge < -0.3 is 34.3 Å². The zero-order chi connectivity index (χ0) is 34.6. The van der Waals surface area contributed by atoms with Crippen LogP contribution in [0.1, 0.15) is 68.5 Å². The van der Waals surface area contributed by atoms with Crippen LogP contribution in [-0.2, 0) is 32.9 Å². The van der Waals surface area contributed by atoms with Gasteiger partial charge in [-0.25, -0.2) is 19.5 Å². The van der Waals surface area contributed by atoms with Gasteiger partial charge in [0.05, 0.1) is 32.8 Å². The Kier molecular flexibility index (Phi) is 12.1. The van der Waals surface area contributed by atoms with Crippen molar-refractivity contribution in [2.24, 2.45) is 10.8 Å². The van der Waals surface area contributed by atoms with Gasteiger partial charge in [-0.3, -0.25) is 18.7 Å². The van der Waals surface area contributed by atoms with Crippen LogP contribution >= 0.6 is 7.67 Å². The lowest BCUT2D eigenvalue weighted by molar-refractivity contribution is -0.148. The SMILES string of the molecule is CCOc1nc(N)nc2c1ncn2[C@@H]1O[C@H](COP(=O)(N[C@H](C)C(=O)OCC(C)(C)C)N[C@H](C)C(=O)OCC(C)(C)C)[C@@H](O)[C@H]1F. The number of imidazole rings is 1. The van der Waals surface area contributed by atoms with Crippen molar-refractivity contribution in [3.63, 3.8) is 0 Å². The van der Waals surface area contributed by atoms with E-state index in [0.717, 1.165) is 0 Å². The number of ether oxygens (including phenoxy) is 4. The van der Waals surface area contributed by atoms with Crippen LogP contribution in [0.4, 0.5) is 10.3 Å². The number of fused-ring (bicyclic) bond motifs is 1. The molecule has 1 fully saturated rings. The Morgan fingerprint density at radius 1 is 1.09 bits per heavy atom. The van der Waals surface area contributed by atoms with E-state index in [1.165, 1.54) is 24.7 Å². The highest BCUT2D eigenvalue weighted by Gasteiger charge is 2.47. The highest BCUT2D eigenvalue weighted by Crippen LogP contribution is 2.42. The third-order valence-electron chi connectivity index (χ3n) is 6.41. The van der Waals surface area contributed by atoms with E-state index in [1.807, 2.05) is 41.5 Å². The predicted octanol–water partition coefficient (Wildman–Crippen LogP) is 2.66. The summed E-state index contributed by atoms with van der Waals surface area (Å²) >= 11 is 0. The van der Waals surface area contributed by atoms with Gasteiger partial charge in [-0.15, -0.1) is 0 Å². The molecule has 2 aromatic rings. The average molecular weight is 676 g/mol. The van der Waals surface area contributed by atoms with E-state index in [9.17, 15) is 19.3 Å². The van der Waals surface area contributed by atoms with Gasteiger partial charge in [0, 0.05) is 0 Å². The van der Waals surface area contributed by atoms with Crippen molar-refractivity contribution in [2.45, 2.75) is 99.0 Å². The average Bonchev–Trinajstić information content (AvgIpc) is 3.48. The number of esters is 2. The van der Waals surface area contributed by atoms with Crippen LogP contribution in [0.3, 0.4) is 0 Å². The number of aliphatic hydroxyl groups is 1. The minimum atomic E-state index is -4.29. The Morgan fingerprint density at radius 2 is 1.63 bits per heavy atom. The molecule has 0 radical (unpaired) electrons. The smallest absolute Gasteiger partial charge is 0.342 e. The van der Waals surface area contributed by atoms with Crippen molar-refractivity contribution >= 4 is 36.7 Å². The van der Waals surface area contributed by atoms with Crippen LogP contribution < -0.4 is 20.6 Å². The van der Waals surface area contributed by atoms with Crippen LogP contribution in [0.15, 0.2) is 6.33 Å². The molecule has 5 N–H and O–H groups in total. The molecule has 6 atom stereocenters. The summed E-state index contributed by atoms with van der Waals surface area (Å²) in [6.07, 6.45) is -5.24. The van der Waals surface area contributed by atoms with E-state index in [-0.39, 0.29) is 53.6 Å². The Hall–Kier alpha value is -2.95. The van der Waals surface area contributed by atoms with Crippen LogP contribution in [0.25, 0.3) is 11.2 Å². The molecule has 3 heterocycles. The van der Waals surface area contributed by atoms with Crippen molar-refractivity contribution in [2.75, 3.05) is 32.2 Å². The largest absolute Gasteiger partial charge is 0.476 e. The minimum Gasteiger partial charge on any atom is -0.476 e. The molecule has 0 unspecified atom stereocenters. The molecule has 18 heteroatoms. The fourth-order valence-corrected chi connectivity index (χ4v) is 5.94. The standard InChI is InChI=1S/C28H47FN7O9P/c1-10-41-22-19-21(32-26(30)33-22)36(14-31-19)23-18(29)20(37)17(45-23)11-44-46(40,34-15(2)24(38)42-12-27(4,5)6)35-16(3)25(39)43-13-28(7,8)9/h14-18,20,23,37H,10-13H2,1-9H3,(H2,30,32,33)(H2,34,35,40)/t15-,16-,17-,18-,20-,23-/m1/s1. The second-order valence-corrected chi connectivity index (χ2v) is 15.4. The van der Waals surface area contributed by atoms with E-state index < -0.39 is 62.9 Å². The first-order chi connectivity index (χ1) is 21.2. The van der Waals surface area contributed by atoms with E-state index in [4.69, 9.17) is 29.2 Å². The fourth-order valence-electron chi connectivity index (χ4n) is 4.13. The summed E-state index contributed by atoms with van der Waals surface area (Å²) in [6.45, 7) is 15.7. The number of hydrogen-bond acceptors (Lipinski definition) is 13. The number of nitrogens with one attached hydrogen (secondary N) is 2. The number of rotatable bonds is 14. The number of alkyl halides is 1. The molecule has 0 aliphatic carbocycles. The first-order valence-electron chi connectivity index (χ1n) is 15.0. The fraction of sp³-hybridized carbons (Fsp3) is 0.750. The highest BCUT2D eigenvalue weighted by molar-refractivity contribution is 7.54. The van der Waals surface area contributed by atoms with Gasteiger partial charge in [0.15, 0.2) is 23.6 Å². The molecule has 1 aliphatic rings.